The minimum atomic E-state index is -0.541. The van der Waals surface area contributed by atoms with Crippen molar-refractivity contribution in [3.63, 3.8) is 0 Å². The van der Waals surface area contributed by atoms with E-state index in [9.17, 15) is 14.0 Å². The molecule has 0 bridgehead atoms. The fraction of sp³-hybridized carbons (Fsp3) is 0.200. The van der Waals surface area contributed by atoms with Crippen molar-refractivity contribution < 1.29 is 13.9 Å². The highest BCUT2D eigenvalue weighted by Gasteiger charge is 2.30. The van der Waals surface area contributed by atoms with Crippen LogP contribution in [0.4, 0.5) is 14.9 Å². The lowest BCUT2D eigenvalue weighted by Gasteiger charge is -2.33. The Morgan fingerprint density at radius 3 is 2.79 bits per heavy atom. The summed E-state index contributed by atoms with van der Waals surface area (Å²) in [6.07, 6.45) is 0. The van der Waals surface area contributed by atoms with Crippen LogP contribution in [0.2, 0.25) is 5.02 Å². The number of carbonyl (C=O) groups is 1. The molecule has 0 saturated heterocycles. The molecule has 8 heteroatoms. The van der Waals surface area contributed by atoms with E-state index in [0.717, 1.165) is 17.0 Å². The number of hydrogen-bond acceptors (Lipinski definition) is 3. The molecule has 144 valence electrons. The molecule has 1 aromatic heterocycles. The topological polar surface area (TPSA) is 74.4 Å². The highest BCUT2D eigenvalue weighted by atomic mass is 35.5. The number of urea groups is 1. The molecule has 2 heterocycles. The number of aromatic nitrogens is 1. The molecule has 2 N–H and O–H groups in total. The Morgan fingerprint density at radius 1 is 1.29 bits per heavy atom. The van der Waals surface area contributed by atoms with E-state index >= 15 is 0 Å². The number of benzene rings is 2. The van der Waals surface area contributed by atoms with Crippen LogP contribution in [0.15, 0.2) is 47.3 Å². The largest absolute Gasteiger partial charge is 0.373 e. The van der Waals surface area contributed by atoms with E-state index in [1.165, 1.54) is 17.0 Å². The van der Waals surface area contributed by atoms with Crippen molar-refractivity contribution in [2.75, 3.05) is 19.0 Å². The first kappa shape index (κ1) is 18.5. The van der Waals surface area contributed by atoms with Crippen LogP contribution in [-0.2, 0) is 11.3 Å². The third kappa shape index (κ3) is 3.34. The Hall–Kier alpha value is -2.90. The van der Waals surface area contributed by atoms with Crippen molar-refractivity contribution in [2.24, 2.45) is 0 Å². The van der Waals surface area contributed by atoms with Gasteiger partial charge in [-0.2, -0.15) is 0 Å². The second-order valence-electron chi connectivity index (χ2n) is 6.62. The summed E-state index contributed by atoms with van der Waals surface area (Å²) in [6.45, 7) is 0.539. The van der Waals surface area contributed by atoms with Crippen LogP contribution in [-0.4, -0.2) is 29.6 Å². The van der Waals surface area contributed by atoms with Gasteiger partial charge in [-0.05, 0) is 29.7 Å². The number of nitrogens with zero attached hydrogens (tertiary/aromatic N) is 1. The smallest absolute Gasteiger partial charge is 0.322 e. The van der Waals surface area contributed by atoms with Crippen LogP contribution in [0.1, 0.15) is 17.3 Å². The van der Waals surface area contributed by atoms with Gasteiger partial charge < -0.3 is 19.9 Å². The minimum absolute atomic E-state index is 0.188. The fourth-order valence-electron chi connectivity index (χ4n) is 3.49. The number of amides is 2. The van der Waals surface area contributed by atoms with Crippen molar-refractivity contribution in [1.82, 2.24) is 9.88 Å². The number of carbonyl (C=O) groups excluding carboxylic acids is 1. The summed E-state index contributed by atoms with van der Waals surface area (Å²) in [5, 5.41) is 4.17. The maximum atomic E-state index is 13.5. The maximum Gasteiger partial charge on any atom is 0.322 e. The predicted molar refractivity (Wildman–Crippen MR) is 105 cm³/mol. The molecule has 3 aromatic rings. The summed E-state index contributed by atoms with van der Waals surface area (Å²) < 4.78 is 19.1. The molecule has 4 rings (SSSR count). The third-order valence-corrected chi connectivity index (χ3v) is 5.03. The molecule has 0 aliphatic carbocycles. The number of likely N-dealkylation sites (N-methyl/N-ethyl adjacent to an activating group) is 1. The minimum Gasteiger partial charge on any atom is -0.373 e. The molecule has 28 heavy (non-hydrogen) atoms. The highest BCUT2D eigenvalue weighted by Crippen LogP contribution is 2.33. The van der Waals surface area contributed by atoms with Gasteiger partial charge in [-0.1, -0.05) is 29.8 Å². The van der Waals surface area contributed by atoms with Crippen LogP contribution in [0.25, 0.3) is 10.8 Å². The first-order valence-corrected chi connectivity index (χ1v) is 9.03. The van der Waals surface area contributed by atoms with Crippen molar-refractivity contribution in [3.8, 4) is 0 Å². The molecule has 0 unspecified atom stereocenters. The van der Waals surface area contributed by atoms with Gasteiger partial charge in [-0.15, -0.1) is 0 Å². The van der Waals surface area contributed by atoms with Crippen molar-refractivity contribution in [1.29, 1.82) is 0 Å². The Bertz CT molecular complexity index is 1110. The summed E-state index contributed by atoms with van der Waals surface area (Å²) in [7, 11) is 1.62. The summed E-state index contributed by atoms with van der Waals surface area (Å²) >= 11 is 5.85. The average molecular weight is 402 g/mol. The molecule has 2 amide bonds. The molecule has 0 saturated carbocycles. The summed E-state index contributed by atoms with van der Waals surface area (Å²) in [6, 6.07) is 10.2. The van der Waals surface area contributed by atoms with Crippen molar-refractivity contribution in [2.45, 2.75) is 12.6 Å². The molecule has 0 fully saturated rings. The SMILES string of the molecule is CN(C(=O)Nc1cc(F)cc(Cl)c1)[C@@H]1COCc2[nH]c(=O)c3ccccc3c21. The van der Waals surface area contributed by atoms with E-state index in [0.29, 0.717) is 11.1 Å². The highest BCUT2D eigenvalue weighted by molar-refractivity contribution is 6.30. The van der Waals surface area contributed by atoms with E-state index in [4.69, 9.17) is 16.3 Å². The third-order valence-electron chi connectivity index (χ3n) is 4.81. The molecular formula is C20H17ClFN3O3. The Balaban J connectivity index is 1.70. The summed E-state index contributed by atoms with van der Waals surface area (Å²) in [4.78, 5) is 29.4. The van der Waals surface area contributed by atoms with Crippen LogP contribution in [0.3, 0.4) is 0 Å². The maximum absolute atomic E-state index is 13.5. The number of nitrogens with one attached hydrogen (secondary N) is 2. The van der Waals surface area contributed by atoms with Crippen LogP contribution >= 0.6 is 11.6 Å². The molecule has 1 atom stereocenters. The first-order chi connectivity index (χ1) is 13.4. The first-order valence-electron chi connectivity index (χ1n) is 8.65. The number of halogens is 2. The molecule has 0 spiro atoms. The summed E-state index contributed by atoms with van der Waals surface area (Å²) in [5.41, 5.74) is 1.55. The van der Waals surface area contributed by atoms with Gasteiger partial charge in [0, 0.05) is 34.4 Å². The molecule has 1 aliphatic rings. The lowest BCUT2D eigenvalue weighted by Crippen LogP contribution is -2.39. The van der Waals surface area contributed by atoms with Gasteiger partial charge in [-0.25, -0.2) is 9.18 Å². The zero-order valence-electron chi connectivity index (χ0n) is 15.0. The Labute approximate surface area is 164 Å². The number of aromatic amines is 1. The number of pyridine rings is 1. The number of H-pyrrole nitrogens is 1. The second-order valence-corrected chi connectivity index (χ2v) is 7.06. The van der Waals surface area contributed by atoms with E-state index in [1.807, 2.05) is 12.1 Å². The molecule has 0 radical (unpaired) electrons. The van der Waals surface area contributed by atoms with Gasteiger partial charge in [0.25, 0.3) is 5.56 Å². The van der Waals surface area contributed by atoms with Crippen molar-refractivity contribution in [3.05, 3.63) is 74.9 Å². The quantitative estimate of drug-likeness (QED) is 0.680. The van der Waals surface area contributed by atoms with Gasteiger partial charge in [0.15, 0.2) is 0 Å². The predicted octanol–water partition coefficient (Wildman–Crippen LogP) is 4.06. The lowest BCUT2D eigenvalue weighted by molar-refractivity contribution is 0.0527. The van der Waals surface area contributed by atoms with Crippen LogP contribution in [0, 0.1) is 5.82 Å². The number of ether oxygens (including phenoxy) is 1. The fourth-order valence-corrected chi connectivity index (χ4v) is 3.71. The molecular weight excluding hydrogens is 385 g/mol. The molecule has 6 nitrogen and oxygen atoms in total. The molecule has 2 aromatic carbocycles. The van der Waals surface area contributed by atoms with Gasteiger partial charge in [0.2, 0.25) is 0 Å². The summed E-state index contributed by atoms with van der Waals surface area (Å²) in [5.74, 6) is -0.541. The second kappa shape index (κ2) is 7.26. The van der Waals surface area contributed by atoms with Crippen LogP contribution < -0.4 is 10.9 Å². The van der Waals surface area contributed by atoms with E-state index < -0.39 is 17.9 Å². The van der Waals surface area contributed by atoms with Crippen LogP contribution in [0.5, 0.6) is 0 Å². The van der Waals surface area contributed by atoms with Gasteiger partial charge in [-0.3, -0.25) is 4.79 Å². The van der Waals surface area contributed by atoms with E-state index in [1.54, 1.807) is 19.2 Å². The van der Waals surface area contributed by atoms with Gasteiger partial charge in [0.1, 0.15) is 5.82 Å². The zero-order chi connectivity index (χ0) is 19.8. The zero-order valence-corrected chi connectivity index (χ0v) is 15.7. The normalized spacial score (nSPS) is 15.9. The van der Waals surface area contributed by atoms with E-state index in [2.05, 4.69) is 10.3 Å². The van der Waals surface area contributed by atoms with E-state index in [-0.39, 0.29) is 29.5 Å². The number of hydrogen-bond donors (Lipinski definition) is 2. The van der Waals surface area contributed by atoms with Gasteiger partial charge >= 0.3 is 6.03 Å². The van der Waals surface area contributed by atoms with Crippen molar-refractivity contribution >= 4 is 34.1 Å². The van der Waals surface area contributed by atoms with Gasteiger partial charge in [0.05, 0.1) is 19.3 Å². The lowest BCUT2D eigenvalue weighted by atomic mass is 9.96. The Kier molecular flexibility index (Phi) is 4.78. The number of fused-ring (bicyclic) bond motifs is 3. The Morgan fingerprint density at radius 2 is 2.04 bits per heavy atom. The average Bonchev–Trinajstić information content (AvgIpc) is 2.66. The molecule has 1 aliphatic heterocycles. The standard InChI is InChI=1S/C20H17ClFN3O3/c1-25(20(27)23-13-7-11(21)6-12(22)8-13)17-10-28-9-16-18(17)14-4-2-3-5-15(14)19(26)24-16/h2-8,17H,9-10H2,1H3,(H,23,27)(H,24,26)/t17-/m1/s1. The number of rotatable bonds is 2. The monoisotopic (exact) mass is 401 g/mol. The number of anilines is 1.